The summed E-state index contributed by atoms with van der Waals surface area (Å²) in [5.41, 5.74) is 2.74. The number of aryl methyl sites for hydroxylation is 2. The van der Waals surface area contributed by atoms with Crippen molar-refractivity contribution in [3.05, 3.63) is 121 Å². The number of pyridine rings is 1. The van der Waals surface area contributed by atoms with Crippen molar-refractivity contribution in [1.29, 1.82) is 0 Å². The fraction of sp³-hybridized carbons (Fsp3) is 0.0714. The van der Waals surface area contributed by atoms with E-state index in [1.807, 2.05) is 32.0 Å². The third-order valence-corrected chi connectivity index (χ3v) is 6.44. The van der Waals surface area contributed by atoms with Gasteiger partial charge in [0.15, 0.2) is 0 Å². The molecule has 0 amide bonds. The highest BCUT2D eigenvalue weighted by Gasteiger charge is 2.17. The number of hydrogen-bond acceptors (Lipinski definition) is 5. The predicted molar refractivity (Wildman–Crippen MR) is 143 cm³/mol. The highest BCUT2D eigenvalue weighted by atomic mass is 35.5. The van der Waals surface area contributed by atoms with Crippen LogP contribution in [0.5, 0.6) is 5.88 Å². The van der Waals surface area contributed by atoms with Crippen LogP contribution in [0, 0.1) is 13.8 Å². The lowest BCUT2D eigenvalue weighted by atomic mass is 10.1. The summed E-state index contributed by atoms with van der Waals surface area (Å²) in [6.45, 7) is 3.92. The molecule has 0 radical (unpaired) electrons. The van der Waals surface area contributed by atoms with Crippen molar-refractivity contribution in [3.63, 3.8) is 0 Å². The van der Waals surface area contributed by atoms with Gasteiger partial charge in [-0.05, 0) is 55.3 Å². The van der Waals surface area contributed by atoms with Gasteiger partial charge in [-0.1, -0.05) is 54.1 Å². The molecule has 0 aliphatic carbocycles. The molecule has 0 aliphatic rings. The van der Waals surface area contributed by atoms with E-state index in [0.717, 1.165) is 11.1 Å². The molecule has 7 nitrogen and oxygen atoms in total. The molecule has 8 heteroatoms. The van der Waals surface area contributed by atoms with Gasteiger partial charge >= 0.3 is 0 Å². The average molecular weight is 497 g/mol. The summed E-state index contributed by atoms with van der Waals surface area (Å²) in [6.07, 6.45) is 2.77. The van der Waals surface area contributed by atoms with Crippen LogP contribution in [0.2, 0.25) is 5.02 Å². The van der Waals surface area contributed by atoms with Gasteiger partial charge in [-0.2, -0.15) is 9.78 Å². The number of rotatable bonds is 4. The first-order valence-electron chi connectivity index (χ1n) is 11.2. The zero-order chi connectivity index (χ0) is 25.4. The van der Waals surface area contributed by atoms with Crippen molar-refractivity contribution in [2.75, 3.05) is 0 Å². The molecule has 2 aromatic heterocycles. The van der Waals surface area contributed by atoms with Crippen molar-refractivity contribution >= 4 is 34.3 Å². The van der Waals surface area contributed by atoms with E-state index in [0.29, 0.717) is 27.7 Å². The Balaban J connectivity index is 1.67. The molecule has 5 rings (SSSR count). The summed E-state index contributed by atoms with van der Waals surface area (Å²) in [4.78, 5) is 30.5. The van der Waals surface area contributed by atoms with Crippen molar-refractivity contribution in [1.82, 2.24) is 14.3 Å². The summed E-state index contributed by atoms with van der Waals surface area (Å²) >= 11 is 6.35. The molecule has 5 aromatic rings. The molecule has 0 fully saturated rings. The Morgan fingerprint density at radius 2 is 1.56 bits per heavy atom. The molecule has 0 atom stereocenters. The topological polar surface area (TPSA) is 89.5 Å². The number of fused-ring (bicyclic) bond motifs is 1. The van der Waals surface area contributed by atoms with Crippen LogP contribution in [-0.2, 0) is 0 Å². The standard InChI is InChI=1S/C28H21ClN4O3/c1-17-12-13-20(14-18(17)2)32-26(34)22-11-7-6-10-21(22)23(27(32)35)15-30-24-16-31-33(28(36)25(24)29)19-8-4-3-5-9-19/h3-16,35H,1-2H3. The summed E-state index contributed by atoms with van der Waals surface area (Å²) in [7, 11) is 0. The van der Waals surface area contributed by atoms with Crippen molar-refractivity contribution in [3.8, 4) is 17.3 Å². The van der Waals surface area contributed by atoms with E-state index in [1.165, 1.54) is 21.7 Å². The molecule has 0 saturated carbocycles. The maximum Gasteiger partial charge on any atom is 0.292 e. The van der Waals surface area contributed by atoms with E-state index < -0.39 is 5.56 Å². The smallest absolute Gasteiger partial charge is 0.292 e. The number of aromatic nitrogens is 3. The first-order valence-corrected chi connectivity index (χ1v) is 11.6. The van der Waals surface area contributed by atoms with Gasteiger partial charge in [0.25, 0.3) is 11.1 Å². The summed E-state index contributed by atoms with van der Waals surface area (Å²) in [5.74, 6) is -0.271. The quantitative estimate of drug-likeness (QED) is 0.343. The Morgan fingerprint density at radius 1 is 0.861 bits per heavy atom. The molecule has 3 aromatic carbocycles. The molecule has 0 aliphatic heterocycles. The van der Waals surface area contributed by atoms with Gasteiger partial charge < -0.3 is 5.11 Å². The summed E-state index contributed by atoms with van der Waals surface area (Å²) in [5, 5.41) is 16.2. The molecule has 178 valence electrons. The molecule has 0 bridgehead atoms. The largest absolute Gasteiger partial charge is 0.494 e. The van der Waals surface area contributed by atoms with Gasteiger partial charge in [0.2, 0.25) is 5.88 Å². The predicted octanol–water partition coefficient (Wildman–Crippen LogP) is 5.26. The second kappa shape index (κ2) is 9.28. The van der Waals surface area contributed by atoms with Gasteiger partial charge in [0, 0.05) is 17.0 Å². The first kappa shape index (κ1) is 23.3. The molecule has 1 N–H and O–H groups in total. The molecule has 0 saturated heterocycles. The zero-order valence-corrected chi connectivity index (χ0v) is 20.3. The third kappa shape index (κ3) is 3.99. The van der Waals surface area contributed by atoms with Crippen LogP contribution in [-0.4, -0.2) is 25.7 Å². The van der Waals surface area contributed by atoms with Crippen molar-refractivity contribution < 1.29 is 5.11 Å². The van der Waals surface area contributed by atoms with E-state index in [9.17, 15) is 14.7 Å². The summed E-state index contributed by atoms with van der Waals surface area (Å²) < 4.78 is 2.44. The molecule has 2 heterocycles. The molecular formula is C28H21ClN4O3. The average Bonchev–Trinajstić information content (AvgIpc) is 2.89. The number of hydrogen-bond donors (Lipinski definition) is 1. The Labute approximate surface area is 211 Å². The SMILES string of the molecule is Cc1ccc(-n2c(O)c(C=Nc3cnn(-c4ccccc4)c(=O)c3Cl)c3ccccc3c2=O)cc1C. The van der Waals surface area contributed by atoms with Gasteiger partial charge in [0.1, 0.15) is 10.7 Å². The van der Waals surface area contributed by atoms with E-state index >= 15 is 0 Å². The number of benzene rings is 3. The lowest BCUT2D eigenvalue weighted by molar-refractivity contribution is 0.436. The summed E-state index contributed by atoms with van der Waals surface area (Å²) in [6, 6.07) is 21.4. The van der Waals surface area contributed by atoms with E-state index in [2.05, 4.69) is 10.1 Å². The minimum Gasteiger partial charge on any atom is -0.494 e. The minimum absolute atomic E-state index is 0.114. The number of halogens is 1. The molecule has 36 heavy (non-hydrogen) atoms. The number of aliphatic imine (C=N–C) groups is 1. The first-order chi connectivity index (χ1) is 17.4. The minimum atomic E-state index is -0.522. The van der Waals surface area contributed by atoms with Crippen LogP contribution < -0.4 is 11.1 Å². The Bertz CT molecular complexity index is 1770. The number of para-hydroxylation sites is 1. The fourth-order valence-electron chi connectivity index (χ4n) is 3.99. The number of nitrogens with zero attached hydrogens (tertiary/aromatic N) is 4. The Morgan fingerprint density at radius 3 is 2.28 bits per heavy atom. The van der Waals surface area contributed by atoms with Crippen LogP contribution in [0.25, 0.3) is 22.1 Å². The fourth-order valence-corrected chi connectivity index (χ4v) is 4.17. The van der Waals surface area contributed by atoms with Crippen LogP contribution in [0.15, 0.2) is 93.6 Å². The van der Waals surface area contributed by atoms with Crippen LogP contribution in [0.3, 0.4) is 0 Å². The van der Waals surface area contributed by atoms with E-state index in [4.69, 9.17) is 11.6 Å². The zero-order valence-electron chi connectivity index (χ0n) is 19.5. The molecule has 0 unspecified atom stereocenters. The second-order valence-electron chi connectivity index (χ2n) is 8.35. The maximum atomic E-state index is 13.3. The van der Waals surface area contributed by atoms with E-state index in [1.54, 1.807) is 54.6 Å². The monoisotopic (exact) mass is 496 g/mol. The Hall–Kier alpha value is -4.49. The van der Waals surface area contributed by atoms with Gasteiger partial charge in [-0.25, -0.2) is 4.57 Å². The van der Waals surface area contributed by atoms with Gasteiger partial charge in [-0.3, -0.25) is 14.6 Å². The van der Waals surface area contributed by atoms with Crippen LogP contribution in [0.4, 0.5) is 5.69 Å². The van der Waals surface area contributed by atoms with Gasteiger partial charge in [0.05, 0.1) is 23.1 Å². The lowest BCUT2D eigenvalue weighted by Gasteiger charge is -2.15. The number of aromatic hydroxyl groups is 1. The second-order valence-corrected chi connectivity index (χ2v) is 8.72. The maximum absolute atomic E-state index is 13.3. The normalized spacial score (nSPS) is 11.4. The van der Waals surface area contributed by atoms with Crippen LogP contribution >= 0.6 is 11.6 Å². The lowest BCUT2D eigenvalue weighted by Crippen LogP contribution is -2.21. The van der Waals surface area contributed by atoms with E-state index in [-0.39, 0.29) is 22.1 Å². The van der Waals surface area contributed by atoms with Crippen molar-refractivity contribution in [2.24, 2.45) is 4.99 Å². The van der Waals surface area contributed by atoms with Crippen molar-refractivity contribution in [2.45, 2.75) is 13.8 Å². The highest BCUT2D eigenvalue weighted by molar-refractivity contribution is 6.32. The Kier molecular flexibility index (Phi) is 6.00. The third-order valence-electron chi connectivity index (χ3n) is 6.09. The molecular weight excluding hydrogens is 476 g/mol. The molecule has 0 spiro atoms. The van der Waals surface area contributed by atoms with Crippen LogP contribution in [0.1, 0.15) is 16.7 Å². The highest BCUT2D eigenvalue weighted by Crippen LogP contribution is 2.28. The van der Waals surface area contributed by atoms with Gasteiger partial charge in [-0.15, -0.1) is 0 Å².